The van der Waals surface area contributed by atoms with E-state index in [2.05, 4.69) is 5.32 Å². The smallest absolute Gasteiger partial charge is 0.331 e. The number of carbonyl (C=O) groups excluding carboxylic acids is 1. The van der Waals surface area contributed by atoms with Crippen molar-refractivity contribution in [3.05, 3.63) is 52.2 Å². The molecule has 0 spiro atoms. The number of aliphatic carboxylic acids is 1. The SMILES string of the molecule is Nc1cccc(CC(=O)NC(C(=O)O)c2cccs2)c1. The normalized spacial score (nSPS) is 11.8. The molecule has 0 saturated carbocycles. The molecule has 0 saturated heterocycles. The van der Waals surface area contributed by atoms with Crippen molar-refractivity contribution in [1.82, 2.24) is 5.32 Å². The number of nitrogen functional groups attached to an aromatic ring is 1. The monoisotopic (exact) mass is 290 g/mol. The third kappa shape index (κ3) is 3.58. The van der Waals surface area contributed by atoms with Crippen LogP contribution in [0.2, 0.25) is 0 Å². The van der Waals surface area contributed by atoms with Crippen LogP contribution in [-0.4, -0.2) is 17.0 Å². The predicted molar refractivity (Wildman–Crippen MR) is 77.4 cm³/mol. The van der Waals surface area contributed by atoms with Gasteiger partial charge in [0.05, 0.1) is 6.42 Å². The first-order chi connectivity index (χ1) is 9.56. The van der Waals surface area contributed by atoms with E-state index in [9.17, 15) is 14.7 Å². The summed E-state index contributed by atoms with van der Waals surface area (Å²) < 4.78 is 0. The van der Waals surface area contributed by atoms with E-state index in [-0.39, 0.29) is 12.3 Å². The topological polar surface area (TPSA) is 92.4 Å². The lowest BCUT2D eigenvalue weighted by Crippen LogP contribution is -2.34. The third-order valence-electron chi connectivity index (χ3n) is 2.70. The van der Waals surface area contributed by atoms with Crippen molar-refractivity contribution in [2.24, 2.45) is 0 Å². The molecule has 104 valence electrons. The average Bonchev–Trinajstić information content (AvgIpc) is 2.89. The van der Waals surface area contributed by atoms with Gasteiger partial charge in [-0.25, -0.2) is 4.79 Å². The number of benzene rings is 1. The number of hydrogen-bond acceptors (Lipinski definition) is 4. The Labute approximate surface area is 120 Å². The molecule has 0 bridgehead atoms. The molecule has 1 unspecified atom stereocenters. The van der Waals surface area contributed by atoms with E-state index >= 15 is 0 Å². The second-order valence-electron chi connectivity index (χ2n) is 4.28. The van der Waals surface area contributed by atoms with Gasteiger partial charge in [0.1, 0.15) is 0 Å². The van der Waals surface area contributed by atoms with Gasteiger partial charge in [0.15, 0.2) is 6.04 Å². The van der Waals surface area contributed by atoms with Crippen LogP contribution in [0.15, 0.2) is 41.8 Å². The molecular formula is C14H14N2O3S. The molecule has 1 heterocycles. The first kappa shape index (κ1) is 14.1. The summed E-state index contributed by atoms with van der Waals surface area (Å²) in [4.78, 5) is 23.7. The van der Waals surface area contributed by atoms with E-state index in [1.165, 1.54) is 11.3 Å². The van der Waals surface area contributed by atoms with Gasteiger partial charge < -0.3 is 16.2 Å². The lowest BCUT2D eigenvalue weighted by Gasteiger charge is -2.13. The summed E-state index contributed by atoms with van der Waals surface area (Å²) in [5.74, 6) is -1.43. The summed E-state index contributed by atoms with van der Waals surface area (Å²) in [6.45, 7) is 0. The standard InChI is InChI=1S/C14H14N2O3S/c15-10-4-1-3-9(7-10)8-12(17)16-13(14(18)19)11-5-2-6-20-11/h1-7,13H,8,15H2,(H,16,17)(H,18,19). The van der Waals surface area contributed by atoms with Gasteiger partial charge >= 0.3 is 5.97 Å². The minimum Gasteiger partial charge on any atom is -0.479 e. The van der Waals surface area contributed by atoms with Crippen LogP contribution in [0.4, 0.5) is 5.69 Å². The lowest BCUT2D eigenvalue weighted by molar-refractivity contribution is -0.141. The maximum absolute atomic E-state index is 11.9. The Bertz CT molecular complexity index is 611. The van der Waals surface area contributed by atoms with Crippen LogP contribution >= 0.6 is 11.3 Å². The largest absolute Gasteiger partial charge is 0.479 e. The van der Waals surface area contributed by atoms with E-state index < -0.39 is 12.0 Å². The Morgan fingerprint density at radius 2 is 2.10 bits per heavy atom. The van der Waals surface area contributed by atoms with Crippen LogP contribution < -0.4 is 11.1 Å². The molecule has 2 rings (SSSR count). The number of anilines is 1. The highest BCUT2D eigenvalue weighted by atomic mass is 32.1. The summed E-state index contributed by atoms with van der Waals surface area (Å²) >= 11 is 1.29. The fourth-order valence-corrected chi connectivity index (χ4v) is 2.58. The van der Waals surface area contributed by atoms with Gasteiger partial charge in [-0.2, -0.15) is 0 Å². The van der Waals surface area contributed by atoms with Crippen molar-refractivity contribution in [1.29, 1.82) is 0 Å². The molecule has 1 atom stereocenters. The van der Waals surface area contributed by atoms with Gasteiger partial charge in [0, 0.05) is 10.6 Å². The number of rotatable bonds is 5. The van der Waals surface area contributed by atoms with Crippen LogP contribution in [0.1, 0.15) is 16.5 Å². The van der Waals surface area contributed by atoms with Crippen molar-refractivity contribution in [2.45, 2.75) is 12.5 Å². The fraction of sp³-hybridized carbons (Fsp3) is 0.143. The summed E-state index contributed by atoms with van der Waals surface area (Å²) in [7, 11) is 0. The number of thiophene rings is 1. The minimum atomic E-state index is -1.08. The Morgan fingerprint density at radius 1 is 1.30 bits per heavy atom. The van der Waals surface area contributed by atoms with Crippen molar-refractivity contribution in [3.63, 3.8) is 0 Å². The maximum Gasteiger partial charge on any atom is 0.331 e. The van der Waals surface area contributed by atoms with E-state index in [0.717, 1.165) is 5.56 Å². The van der Waals surface area contributed by atoms with Crippen LogP contribution in [0.5, 0.6) is 0 Å². The average molecular weight is 290 g/mol. The van der Waals surface area contributed by atoms with E-state index in [1.807, 2.05) is 0 Å². The van der Waals surface area contributed by atoms with E-state index in [0.29, 0.717) is 10.6 Å². The van der Waals surface area contributed by atoms with Crippen molar-refractivity contribution in [2.75, 3.05) is 5.73 Å². The highest BCUT2D eigenvalue weighted by Crippen LogP contribution is 2.19. The summed E-state index contributed by atoms with van der Waals surface area (Å²) in [5.41, 5.74) is 6.96. The highest BCUT2D eigenvalue weighted by Gasteiger charge is 2.22. The van der Waals surface area contributed by atoms with Crippen molar-refractivity contribution >= 4 is 28.9 Å². The molecule has 0 fully saturated rings. The number of hydrogen-bond donors (Lipinski definition) is 3. The lowest BCUT2D eigenvalue weighted by atomic mass is 10.1. The Morgan fingerprint density at radius 3 is 2.70 bits per heavy atom. The molecule has 0 radical (unpaired) electrons. The number of carboxylic acid groups (broad SMARTS) is 1. The first-order valence-corrected chi connectivity index (χ1v) is 6.84. The molecule has 0 aliphatic carbocycles. The quantitative estimate of drug-likeness (QED) is 0.732. The minimum absolute atomic E-state index is 0.0974. The van der Waals surface area contributed by atoms with Gasteiger partial charge in [0.25, 0.3) is 0 Å². The van der Waals surface area contributed by atoms with Gasteiger partial charge in [-0.1, -0.05) is 18.2 Å². The molecule has 5 nitrogen and oxygen atoms in total. The zero-order chi connectivity index (χ0) is 14.5. The summed E-state index contributed by atoms with van der Waals surface area (Å²) in [6.07, 6.45) is 0.0974. The zero-order valence-corrected chi connectivity index (χ0v) is 11.4. The molecule has 1 aromatic carbocycles. The second-order valence-corrected chi connectivity index (χ2v) is 5.26. The fourth-order valence-electron chi connectivity index (χ4n) is 1.81. The molecule has 1 aromatic heterocycles. The van der Waals surface area contributed by atoms with Crippen molar-refractivity contribution < 1.29 is 14.7 Å². The van der Waals surface area contributed by atoms with Crippen LogP contribution in [0.3, 0.4) is 0 Å². The number of nitrogens with two attached hydrogens (primary N) is 1. The maximum atomic E-state index is 11.9. The number of carboxylic acids is 1. The molecule has 0 aliphatic rings. The number of nitrogens with one attached hydrogen (secondary N) is 1. The van der Waals surface area contributed by atoms with Crippen LogP contribution in [0, 0.1) is 0 Å². The van der Waals surface area contributed by atoms with Crippen LogP contribution in [0.25, 0.3) is 0 Å². The molecule has 20 heavy (non-hydrogen) atoms. The summed E-state index contributed by atoms with van der Waals surface area (Å²) in [6, 6.07) is 9.38. The van der Waals surface area contributed by atoms with Crippen LogP contribution in [-0.2, 0) is 16.0 Å². The Balaban J connectivity index is 2.04. The van der Waals surface area contributed by atoms with Gasteiger partial charge in [-0.05, 0) is 29.1 Å². The van der Waals surface area contributed by atoms with Gasteiger partial charge in [-0.15, -0.1) is 11.3 Å². The van der Waals surface area contributed by atoms with Gasteiger partial charge in [0.2, 0.25) is 5.91 Å². The zero-order valence-electron chi connectivity index (χ0n) is 10.6. The summed E-state index contributed by atoms with van der Waals surface area (Å²) in [5, 5.41) is 13.5. The highest BCUT2D eigenvalue weighted by molar-refractivity contribution is 7.10. The number of amides is 1. The first-order valence-electron chi connectivity index (χ1n) is 5.96. The third-order valence-corrected chi connectivity index (χ3v) is 3.63. The second kappa shape index (κ2) is 6.21. The number of carbonyl (C=O) groups is 2. The molecule has 6 heteroatoms. The Kier molecular flexibility index (Phi) is 4.37. The van der Waals surface area contributed by atoms with E-state index in [4.69, 9.17) is 5.73 Å². The van der Waals surface area contributed by atoms with Gasteiger partial charge in [-0.3, -0.25) is 4.79 Å². The molecule has 1 amide bonds. The Hall–Kier alpha value is -2.34. The molecule has 2 aromatic rings. The molecule has 4 N–H and O–H groups in total. The molecular weight excluding hydrogens is 276 g/mol. The molecule has 0 aliphatic heterocycles. The predicted octanol–water partition coefficient (Wildman–Crippen LogP) is 1.81. The van der Waals surface area contributed by atoms with E-state index in [1.54, 1.807) is 41.8 Å². The van der Waals surface area contributed by atoms with Crippen molar-refractivity contribution in [3.8, 4) is 0 Å².